The molecule has 3 nitrogen and oxygen atoms in total. The fourth-order valence-corrected chi connectivity index (χ4v) is 2.51. The highest BCUT2D eigenvalue weighted by atomic mass is 15.0. The van der Waals surface area contributed by atoms with Gasteiger partial charge in [0.15, 0.2) is 0 Å². The molecular formula is C15H19N3. The molecule has 2 aromatic rings. The van der Waals surface area contributed by atoms with E-state index in [2.05, 4.69) is 22.2 Å². The Bertz CT molecular complexity index is 573. The molecule has 0 unspecified atom stereocenters. The van der Waals surface area contributed by atoms with Crippen molar-refractivity contribution >= 4 is 16.9 Å². The number of hydrogen-bond acceptors (Lipinski definition) is 3. The zero-order chi connectivity index (χ0) is 12.6. The van der Waals surface area contributed by atoms with Crippen LogP contribution in [0, 0.1) is 12.3 Å². The van der Waals surface area contributed by atoms with Crippen LogP contribution >= 0.6 is 0 Å². The van der Waals surface area contributed by atoms with Gasteiger partial charge in [-0.3, -0.25) is 0 Å². The number of para-hydroxylation sites is 2. The first-order valence-corrected chi connectivity index (χ1v) is 6.64. The lowest BCUT2D eigenvalue weighted by Gasteiger charge is -2.38. The highest BCUT2D eigenvalue weighted by Crippen LogP contribution is 2.40. The van der Waals surface area contributed by atoms with E-state index >= 15 is 0 Å². The van der Waals surface area contributed by atoms with E-state index in [-0.39, 0.29) is 0 Å². The minimum absolute atomic E-state index is 0.458. The lowest BCUT2D eigenvalue weighted by molar-refractivity contribution is 0.180. The Morgan fingerprint density at radius 3 is 2.44 bits per heavy atom. The molecule has 1 aromatic heterocycles. The van der Waals surface area contributed by atoms with Crippen LogP contribution in [-0.2, 0) is 0 Å². The van der Waals surface area contributed by atoms with Gasteiger partial charge >= 0.3 is 0 Å². The quantitative estimate of drug-likeness (QED) is 0.893. The molecule has 0 spiro atoms. The van der Waals surface area contributed by atoms with Gasteiger partial charge in [-0.25, -0.2) is 9.97 Å². The van der Waals surface area contributed by atoms with Crippen molar-refractivity contribution in [3.63, 3.8) is 0 Å². The summed E-state index contributed by atoms with van der Waals surface area (Å²) in [6, 6.07) is 8.02. The molecular weight excluding hydrogens is 222 g/mol. The second kappa shape index (κ2) is 4.23. The normalized spacial score (nSPS) is 17.4. The summed E-state index contributed by atoms with van der Waals surface area (Å²) in [6.07, 6.45) is 4.00. The maximum atomic E-state index is 4.66. The molecule has 94 valence electrons. The number of aryl methyl sites for hydroxylation is 1. The molecule has 0 radical (unpaired) electrons. The number of rotatable bonds is 3. The molecule has 3 rings (SSSR count). The van der Waals surface area contributed by atoms with Crippen molar-refractivity contribution in [2.45, 2.75) is 33.1 Å². The van der Waals surface area contributed by atoms with Crippen LogP contribution in [0.4, 0.5) is 5.82 Å². The summed E-state index contributed by atoms with van der Waals surface area (Å²) in [5.41, 5.74) is 3.37. The topological polar surface area (TPSA) is 37.8 Å². The molecule has 18 heavy (non-hydrogen) atoms. The molecule has 0 bridgehead atoms. The van der Waals surface area contributed by atoms with Crippen molar-refractivity contribution in [2.75, 3.05) is 11.9 Å². The predicted molar refractivity (Wildman–Crippen MR) is 74.7 cm³/mol. The Hall–Kier alpha value is -1.64. The van der Waals surface area contributed by atoms with Gasteiger partial charge in [0.2, 0.25) is 0 Å². The van der Waals surface area contributed by atoms with Crippen LogP contribution in [0.2, 0.25) is 0 Å². The zero-order valence-corrected chi connectivity index (χ0v) is 11.0. The zero-order valence-electron chi connectivity index (χ0n) is 11.0. The van der Waals surface area contributed by atoms with E-state index in [1.807, 2.05) is 31.2 Å². The van der Waals surface area contributed by atoms with E-state index < -0.39 is 0 Å². The monoisotopic (exact) mass is 241 g/mol. The Morgan fingerprint density at radius 2 is 1.83 bits per heavy atom. The van der Waals surface area contributed by atoms with Crippen LogP contribution in [0.3, 0.4) is 0 Å². The SMILES string of the molecule is Cc1nc2ccccc2nc1NCC1(C)CCC1. The third kappa shape index (κ3) is 2.05. The first kappa shape index (κ1) is 11.5. The van der Waals surface area contributed by atoms with Gasteiger partial charge < -0.3 is 5.32 Å². The second-order valence-electron chi connectivity index (χ2n) is 5.66. The molecule has 1 N–H and O–H groups in total. The fourth-order valence-electron chi connectivity index (χ4n) is 2.51. The summed E-state index contributed by atoms with van der Waals surface area (Å²) in [6.45, 7) is 5.36. The highest BCUT2D eigenvalue weighted by molar-refractivity contribution is 5.76. The van der Waals surface area contributed by atoms with Gasteiger partial charge in [0.05, 0.1) is 16.7 Å². The molecule has 1 aromatic carbocycles. The minimum atomic E-state index is 0.458. The Labute approximate surface area is 108 Å². The van der Waals surface area contributed by atoms with E-state index in [0.717, 1.165) is 29.1 Å². The van der Waals surface area contributed by atoms with Crippen molar-refractivity contribution in [2.24, 2.45) is 5.41 Å². The first-order valence-electron chi connectivity index (χ1n) is 6.64. The van der Waals surface area contributed by atoms with E-state index in [9.17, 15) is 0 Å². The highest BCUT2D eigenvalue weighted by Gasteiger charge is 2.31. The van der Waals surface area contributed by atoms with Gasteiger partial charge in [-0.15, -0.1) is 0 Å². The van der Waals surface area contributed by atoms with Crippen LogP contribution in [-0.4, -0.2) is 16.5 Å². The third-order valence-corrected chi connectivity index (χ3v) is 3.99. The number of aromatic nitrogens is 2. The van der Waals surface area contributed by atoms with Gasteiger partial charge in [-0.05, 0) is 37.3 Å². The van der Waals surface area contributed by atoms with Crippen molar-refractivity contribution in [1.29, 1.82) is 0 Å². The average molecular weight is 241 g/mol. The molecule has 0 aliphatic heterocycles. The summed E-state index contributed by atoms with van der Waals surface area (Å²) >= 11 is 0. The van der Waals surface area contributed by atoms with Crippen LogP contribution < -0.4 is 5.32 Å². The second-order valence-corrected chi connectivity index (χ2v) is 5.66. The molecule has 1 aliphatic rings. The number of benzene rings is 1. The van der Waals surface area contributed by atoms with Crippen molar-refractivity contribution < 1.29 is 0 Å². The summed E-state index contributed by atoms with van der Waals surface area (Å²) in [5, 5.41) is 3.47. The van der Waals surface area contributed by atoms with Gasteiger partial charge in [0.25, 0.3) is 0 Å². The van der Waals surface area contributed by atoms with Crippen LogP contribution in [0.15, 0.2) is 24.3 Å². The molecule has 3 heteroatoms. The third-order valence-electron chi connectivity index (χ3n) is 3.99. The van der Waals surface area contributed by atoms with E-state index in [1.54, 1.807) is 0 Å². The van der Waals surface area contributed by atoms with Gasteiger partial charge in [-0.1, -0.05) is 25.5 Å². The number of fused-ring (bicyclic) bond motifs is 1. The molecule has 1 aliphatic carbocycles. The largest absolute Gasteiger partial charge is 0.368 e. The van der Waals surface area contributed by atoms with Crippen LogP contribution in [0.1, 0.15) is 31.9 Å². The Kier molecular flexibility index (Phi) is 2.69. The fraction of sp³-hybridized carbons (Fsp3) is 0.467. The van der Waals surface area contributed by atoms with Gasteiger partial charge in [0, 0.05) is 6.54 Å². The maximum absolute atomic E-state index is 4.66. The molecule has 1 fully saturated rings. The number of hydrogen-bond donors (Lipinski definition) is 1. The van der Waals surface area contributed by atoms with E-state index in [4.69, 9.17) is 0 Å². The van der Waals surface area contributed by atoms with Crippen molar-refractivity contribution in [1.82, 2.24) is 9.97 Å². The molecule has 0 atom stereocenters. The summed E-state index contributed by atoms with van der Waals surface area (Å²) in [5.74, 6) is 0.932. The van der Waals surface area contributed by atoms with Crippen LogP contribution in [0.25, 0.3) is 11.0 Å². The van der Waals surface area contributed by atoms with Crippen molar-refractivity contribution in [3.8, 4) is 0 Å². The number of nitrogens with zero attached hydrogens (tertiary/aromatic N) is 2. The van der Waals surface area contributed by atoms with E-state index in [0.29, 0.717) is 5.41 Å². The smallest absolute Gasteiger partial charge is 0.148 e. The Balaban J connectivity index is 1.84. The molecule has 1 saturated carbocycles. The molecule has 0 amide bonds. The van der Waals surface area contributed by atoms with Crippen molar-refractivity contribution in [3.05, 3.63) is 30.0 Å². The number of nitrogens with one attached hydrogen (secondary N) is 1. The lowest BCUT2D eigenvalue weighted by atomic mass is 9.70. The summed E-state index contributed by atoms with van der Waals surface area (Å²) < 4.78 is 0. The van der Waals surface area contributed by atoms with Gasteiger partial charge in [-0.2, -0.15) is 0 Å². The summed E-state index contributed by atoms with van der Waals surface area (Å²) in [7, 11) is 0. The molecule has 0 saturated heterocycles. The van der Waals surface area contributed by atoms with Gasteiger partial charge in [0.1, 0.15) is 5.82 Å². The average Bonchev–Trinajstić information content (AvgIpc) is 2.34. The Morgan fingerprint density at radius 1 is 1.17 bits per heavy atom. The first-order chi connectivity index (χ1) is 8.66. The standard InChI is InChI=1S/C15H19N3/c1-11-14(16-10-15(2)8-5-9-15)18-13-7-4-3-6-12(13)17-11/h3-4,6-7H,5,8-10H2,1-2H3,(H,16,18). The number of anilines is 1. The molecule has 1 heterocycles. The predicted octanol–water partition coefficient (Wildman–Crippen LogP) is 3.54. The minimum Gasteiger partial charge on any atom is -0.368 e. The lowest BCUT2D eigenvalue weighted by Crippen LogP contribution is -2.33. The van der Waals surface area contributed by atoms with E-state index in [1.165, 1.54) is 19.3 Å². The van der Waals surface area contributed by atoms with Crippen LogP contribution in [0.5, 0.6) is 0 Å². The summed E-state index contributed by atoms with van der Waals surface area (Å²) in [4.78, 5) is 9.26. The maximum Gasteiger partial charge on any atom is 0.148 e.